The summed E-state index contributed by atoms with van der Waals surface area (Å²) < 4.78 is 17.1. The molecule has 6 rings (SSSR count). The monoisotopic (exact) mass is 464 g/mol. The second-order valence-electron chi connectivity index (χ2n) is 10.6. The van der Waals surface area contributed by atoms with Gasteiger partial charge in [-0.05, 0) is 72.9 Å². The highest BCUT2D eigenvalue weighted by atomic mass is 16.6. The summed E-state index contributed by atoms with van der Waals surface area (Å²) in [5, 5.41) is 3.25. The van der Waals surface area contributed by atoms with Crippen molar-refractivity contribution in [1.82, 2.24) is 10.2 Å². The molecule has 6 heteroatoms. The molecule has 0 radical (unpaired) electrons. The highest BCUT2D eigenvalue weighted by molar-refractivity contribution is 5.75. The number of aryl methyl sites for hydroxylation is 1. The van der Waals surface area contributed by atoms with E-state index in [1.807, 2.05) is 12.1 Å². The smallest absolute Gasteiger partial charge is 0.407 e. The van der Waals surface area contributed by atoms with Gasteiger partial charge in [0, 0.05) is 12.1 Å². The molecule has 182 valence electrons. The molecule has 1 amide bonds. The number of hydrogen-bond acceptors (Lipinski definition) is 5. The van der Waals surface area contributed by atoms with Crippen molar-refractivity contribution >= 4 is 6.09 Å². The van der Waals surface area contributed by atoms with E-state index in [0.29, 0.717) is 11.7 Å². The number of carbonyl (C=O) groups excluding carboxylic acids is 1. The molecule has 1 N–H and O–H groups in total. The first-order chi connectivity index (χ1) is 16.4. The molecule has 1 unspecified atom stereocenters. The number of hydrogen-bond donors (Lipinski definition) is 1. The van der Waals surface area contributed by atoms with Crippen LogP contribution in [0.3, 0.4) is 0 Å². The highest BCUT2D eigenvalue weighted by Crippen LogP contribution is 2.46. The number of nitrogens with one attached hydrogen (secondary N) is 1. The number of piperidine rings is 3. The van der Waals surface area contributed by atoms with Gasteiger partial charge in [0.2, 0.25) is 0 Å². The predicted molar refractivity (Wildman–Crippen MR) is 132 cm³/mol. The van der Waals surface area contributed by atoms with Crippen molar-refractivity contribution in [2.45, 2.75) is 51.7 Å². The second kappa shape index (κ2) is 9.14. The molecule has 2 aromatic carbocycles. The number of fused-ring (bicyclic) bond motifs is 4. The number of amides is 1. The molecule has 0 spiro atoms. The maximum atomic E-state index is 13.0. The molecule has 0 aromatic heterocycles. The standard InChI is InChI=1S/C28H36N2O4/c1-28(2)13-10-20-16-19(21-6-5-7-23(32-3)25(21)33-4)8-9-22(20)26(28)29-27(31)34-24-17-30-14-11-18(24)12-15-30/h5-9,16,18,24,26H,10-15,17H2,1-4H3,(H,29,31)/t24-,26?/m1/s1. The Morgan fingerprint density at radius 1 is 1.09 bits per heavy atom. The van der Waals surface area contributed by atoms with Crippen molar-refractivity contribution in [2.24, 2.45) is 11.3 Å². The number of methoxy groups -OCH3 is 2. The summed E-state index contributed by atoms with van der Waals surface area (Å²) in [6.45, 7) is 7.60. The van der Waals surface area contributed by atoms with E-state index >= 15 is 0 Å². The van der Waals surface area contributed by atoms with Crippen molar-refractivity contribution < 1.29 is 19.0 Å². The van der Waals surface area contributed by atoms with Crippen LogP contribution in [0.2, 0.25) is 0 Å². The molecule has 34 heavy (non-hydrogen) atoms. The zero-order valence-corrected chi connectivity index (χ0v) is 20.7. The van der Waals surface area contributed by atoms with E-state index in [1.54, 1.807) is 14.2 Å². The van der Waals surface area contributed by atoms with E-state index in [0.717, 1.165) is 62.2 Å². The summed E-state index contributed by atoms with van der Waals surface area (Å²) in [6.07, 6.45) is 3.94. The van der Waals surface area contributed by atoms with Gasteiger partial charge in [0.05, 0.1) is 20.3 Å². The average molecular weight is 465 g/mol. The van der Waals surface area contributed by atoms with Crippen molar-refractivity contribution in [1.29, 1.82) is 0 Å². The lowest BCUT2D eigenvalue weighted by molar-refractivity contribution is -0.0353. The molecule has 3 aliphatic heterocycles. The molecule has 6 nitrogen and oxygen atoms in total. The number of rotatable bonds is 5. The number of carbonyl (C=O) groups is 1. The fourth-order valence-electron chi connectivity index (χ4n) is 6.01. The van der Waals surface area contributed by atoms with Gasteiger partial charge in [-0.1, -0.05) is 44.2 Å². The molecule has 2 aromatic rings. The van der Waals surface area contributed by atoms with Crippen molar-refractivity contribution in [3.63, 3.8) is 0 Å². The number of alkyl carbamates (subject to hydrolysis) is 1. The summed E-state index contributed by atoms with van der Waals surface area (Å²) in [7, 11) is 3.32. The summed E-state index contributed by atoms with van der Waals surface area (Å²) in [6, 6.07) is 12.4. The fourth-order valence-corrected chi connectivity index (χ4v) is 6.01. The average Bonchev–Trinajstić information content (AvgIpc) is 2.85. The molecule has 2 bridgehead atoms. The van der Waals surface area contributed by atoms with Gasteiger partial charge < -0.3 is 19.5 Å². The normalized spacial score (nSPS) is 26.9. The van der Waals surface area contributed by atoms with Crippen LogP contribution in [-0.2, 0) is 11.2 Å². The summed E-state index contributed by atoms with van der Waals surface area (Å²) in [4.78, 5) is 15.4. The minimum Gasteiger partial charge on any atom is -0.493 e. The Morgan fingerprint density at radius 2 is 1.88 bits per heavy atom. The molecule has 3 heterocycles. The zero-order valence-electron chi connectivity index (χ0n) is 20.7. The van der Waals surface area contributed by atoms with Gasteiger partial charge in [-0.3, -0.25) is 4.90 Å². The molecule has 4 aliphatic rings. The third-order valence-corrected chi connectivity index (χ3v) is 8.10. The van der Waals surface area contributed by atoms with E-state index in [2.05, 4.69) is 48.3 Å². The van der Waals surface area contributed by atoms with Crippen LogP contribution >= 0.6 is 0 Å². The first kappa shape index (κ1) is 23.0. The van der Waals surface area contributed by atoms with E-state index in [1.165, 1.54) is 11.1 Å². The molecule has 3 fully saturated rings. The maximum Gasteiger partial charge on any atom is 0.407 e. The Morgan fingerprint density at radius 3 is 2.56 bits per heavy atom. The highest BCUT2D eigenvalue weighted by Gasteiger charge is 2.40. The first-order valence-corrected chi connectivity index (χ1v) is 12.4. The Balaban J connectivity index is 1.38. The SMILES string of the molecule is COc1cccc(-c2ccc3c(c2)CCC(C)(C)C3NC(=O)O[C@@H]2CN3CCC2CC3)c1OC. The summed E-state index contributed by atoms with van der Waals surface area (Å²) >= 11 is 0. The van der Waals surface area contributed by atoms with E-state index in [9.17, 15) is 4.79 Å². The zero-order chi connectivity index (χ0) is 23.9. The minimum absolute atomic E-state index is 0.0107. The molecule has 3 saturated heterocycles. The Labute approximate surface area is 202 Å². The van der Waals surface area contributed by atoms with Crippen molar-refractivity contribution in [3.8, 4) is 22.6 Å². The van der Waals surface area contributed by atoms with Gasteiger partial charge in [-0.25, -0.2) is 4.79 Å². The second-order valence-corrected chi connectivity index (χ2v) is 10.6. The van der Waals surface area contributed by atoms with Crippen molar-refractivity contribution in [3.05, 3.63) is 47.5 Å². The van der Waals surface area contributed by atoms with Gasteiger partial charge in [0.15, 0.2) is 11.5 Å². The predicted octanol–water partition coefficient (Wildman–Crippen LogP) is 5.20. The van der Waals surface area contributed by atoms with Crippen LogP contribution in [-0.4, -0.2) is 51.0 Å². The first-order valence-electron chi connectivity index (χ1n) is 12.4. The molecular weight excluding hydrogens is 428 g/mol. The van der Waals surface area contributed by atoms with E-state index in [4.69, 9.17) is 14.2 Å². The van der Waals surface area contributed by atoms with Crippen LogP contribution < -0.4 is 14.8 Å². The number of para-hydroxylation sites is 1. The van der Waals surface area contributed by atoms with Gasteiger partial charge >= 0.3 is 6.09 Å². The molecule has 2 atom stereocenters. The molecular formula is C28H36N2O4. The molecule has 1 aliphatic carbocycles. The van der Waals surface area contributed by atoms with Crippen LogP contribution in [0.5, 0.6) is 11.5 Å². The lowest BCUT2D eigenvalue weighted by atomic mass is 9.70. The van der Waals surface area contributed by atoms with Crippen LogP contribution in [0.25, 0.3) is 11.1 Å². The fraction of sp³-hybridized carbons (Fsp3) is 0.536. The Hall–Kier alpha value is -2.73. The number of benzene rings is 2. The maximum absolute atomic E-state index is 13.0. The van der Waals surface area contributed by atoms with Crippen LogP contribution in [0.15, 0.2) is 36.4 Å². The van der Waals surface area contributed by atoms with Gasteiger partial charge in [-0.2, -0.15) is 0 Å². The van der Waals surface area contributed by atoms with Crippen LogP contribution in [0.4, 0.5) is 4.79 Å². The van der Waals surface area contributed by atoms with E-state index in [-0.39, 0.29) is 23.7 Å². The van der Waals surface area contributed by atoms with Crippen molar-refractivity contribution in [2.75, 3.05) is 33.9 Å². The van der Waals surface area contributed by atoms with E-state index < -0.39 is 0 Å². The van der Waals surface area contributed by atoms with Gasteiger partial charge in [0.1, 0.15) is 6.10 Å². The topological polar surface area (TPSA) is 60.0 Å². The number of ether oxygens (including phenoxy) is 3. The Bertz CT molecular complexity index is 1060. The summed E-state index contributed by atoms with van der Waals surface area (Å²) in [5.74, 6) is 1.95. The Kier molecular flexibility index (Phi) is 6.19. The third-order valence-electron chi connectivity index (χ3n) is 8.10. The van der Waals surface area contributed by atoms with Crippen LogP contribution in [0, 0.1) is 11.3 Å². The summed E-state index contributed by atoms with van der Waals surface area (Å²) in [5.41, 5.74) is 4.46. The minimum atomic E-state index is -0.289. The lowest BCUT2D eigenvalue weighted by Crippen LogP contribution is -2.53. The number of nitrogens with zero attached hydrogens (tertiary/aromatic N) is 1. The quantitative estimate of drug-likeness (QED) is 0.659. The van der Waals surface area contributed by atoms with Crippen LogP contribution in [0.1, 0.15) is 50.3 Å². The largest absolute Gasteiger partial charge is 0.493 e. The lowest BCUT2D eigenvalue weighted by Gasteiger charge is -2.44. The van der Waals surface area contributed by atoms with Gasteiger partial charge in [0.25, 0.3) is 0 Å². The van der Waals surface area contributed by atoms with Gasteiger partial charge in [-0.15, -0.1) is 0 Å². The third kappa shape index (κ3) is 4.24. The molecule has 0 saturated carbocycles.